The van der Waals surface area contributed by atoms with Crippen molar-refractivity contribution in [2.24, 2.45) is 5.73 Å². The molecular weight excluding hydrogens is 374 g/mol. The Morgan fingerprint density at radius 3 is 2.22 bits per heavy atom. The Kier molecular flexibility index (Phi) is 9.59. The fraction of sp³-hybridized carbons (Fsp3) is 0.357. The van der Waals surface area contributed by atoms with Crippen LogP contribution in [0, 0.1) is 0 Å². The molecule has 0 saturated heterocycles. The van der Waals surface area contributed by atoms with Crippen LogP contribution in [0.5, 0.6) is 5.75 Å². The molecule has 0 fully saturated rings. The van der Waals surface area contributed by atoms with Gasteiger partial charge in [-0.15, -0.1) is 0 Å². The first-order valence-electron chi connectivity index (χ1n) is 6.43. The fourth-order valence-electron chi connectivity index (χ4n) is 1.43. The van der Waals surface area contributed by atoms with Crippen LogP contribution < -0.4 is 10.5 Å². The predicted molar refractivity (Wildman–Crippen MR) is 84.1 cm³/mol. The number of hydrogen-bond acceptors (Lipinski definition) is 6. The molecule has 0 saturated carbocycles. The number of methoxy groups -OCH3 is 1. The van der Waals surface area contributed by atoms with Gasteiger partial charge in [-0.05, 0) is 40.5 Å². The summed E-state index contributed by atoms with van der Waals surface area (Å²) in [6, 6.07) is 5.14. The van der Waals surface area contributed by atoms with E-state index in [2.05, 4.69) is 15.9 Å². The van der Waals surface area contributed by atoms with Gasteiger partial charge in [-0.3, -0.25) is 4.79 Å². The third-order valence-corrected chi connectivity index (χ3v) is 3.10. The topological polar surface area (TPSA) is 136 Å². The number of halogens is 1. The maximum Gasteiger partial charge on any atom is 0.414 e. The minimum Gasteiger partial charge on any atom is -0.496 e. The molecule has 0 aliphatic carbocycles. The summed E-state index contributed by atoms with van der Waals surface area (Å²) in [4.78, 5) is 29.5. The molecule has 0 amide bonds. The van der Waals surface area contributed by atoms with Gasteiger partial charge in [0, 0.05) is 6.04 Å². The third kappa shape index (κ3) is 8.17. The molecule has 1 aromatic carbocycles. The lowest BCUT2D eigenvalue weighted by Crippen LogP contribution is -2.17. The molecule has 1 unspecified atom stereocenters. The molecule has 1 rings (SSSR count). The Labute approximate surface area is 141 Å². The highest BCUT2D eigenvalue weighted by Gasteiger charge is 2.13. The smallest absolute Gasteiger partial charge is 0.414 e. The van der Waals surface area contributed by atoms with Crippen molar-refractivity contribution in [3.05, 3.63) is 28.2 Å². The molecule has 128 valence electrons. The predicted octanol–water partition coefficient (Wildman–Crippen LogP) is 1.57. The summed E-state index contributed by atoms with van der Waals surface area (Å²) in [6.45, 7) is 2.14. The van der Waals surface area contributed by atoms with Crippen molar-refractivity contribution in [2.75, 3.05) is 13.7 Å². The molecule has 0 heterocycles. The molecule has 1 aromatic rings. The van der Waals surface area contributed by atoms with Crippen molar-refractivity contribution >= 4 is 33.8 Å². The summed E-state index contributed by atoms with van der Waals surface area (Å²) in [5, 5.41) is 14.8. The molecular formula is C14H18BrNO7. The quantitative estimate of drug-likeness (QED) is 0.507. The summed E-state index contributed by atoms with van der Waals surface area (Å²) in [7, 11) is 1.60. The summed E-state index contributed by atoms with van der Waals surface area (Å²) < 4.78 is 10.8. The van der Waals surface area contributed by atoms with Crippen LogP contribution in [0.25, 0.3) is 0 Å². The minimum atomic E-state index is -1.82. The third-order valence-electron chi connectivity index (χ3n) is 2.48. The molecule has 0 aliphatic heterocycles. The van der Waals surface area contributed by atoms with E-state index in [1.165, 1.54) is 0 Å². The van der Waals surface area contributed by atoms with E-state index in [0.29, 0.717) is 6.61 Å². The van der Waals surface area contributed by atoms with Gasteiger partial charge in [0.25, 0.3) is 0 Å². The molecule has 0 bridgehead atoms. The first kappa shape index (κ1) is 20.9. The van der Waals surface area contributed by atoms with Crippen molar-refractivity contribution < 1.29 is 34.1 Å². The number of carbonyl (C=O) groups is 3. The number of carboxylic acids is 2. The number of carbonyl (C=O) groups excluding carboxylic acids is 1. The lowest BCUT2D eigenvalue weighted by atomic mass is 10.0. The number of esters is 1. The molecule has 8 nitrogen and oxygen atoms in total. The Morgan fingerprint density at radius 1 is 1.26 bits per heavy atom. The highest BCUT2D eigenvalue weighted by molar-refractivity contribution is 9.10. The van der Waals surface area contributed by atoms with E-state index in [4.69, 9.17) is 35.0 Å². The fourth-order valence-corrected chi connectivity index (χ4v) is 1.99. The van der Waals surface area contributed by atoms with Gasteiger partial charge < -0.3 is 25.4 Å². The number of ether oxygens (including phenoxy) is 2. The van der Waals surface area contributed by atoms with Crippen LogP contribution in [0.4, 0.5) is 0 Å². The SMILES string of the molecule is CCOC(=O)CC(N)c1ccc(OC)c(Br)c1.O=C(O)C(=O)O. The van der Waals surface area contributed by atoms with E-state index in [1.807, 2.05) is 18.2 Å². The van der Waals surface area contributed by atoms with Crippen LogP contribution in [-0.4, -0.2) is 41.8 Å². The lowest BCUT2D eigenvalue weighted by molar-refractivity contribution is -0.159. The summed E-state index contributed by atoms with van der Waals surface area (Å²) in [6.07, 6.45) is 0.173. The molecule has 0 aliphatic rings. The van der Waals surface area contributed by atoms with Crippen LogP contribution in [-0.2, 0) is 19.1 Å². The number of nitrogens with two attached hydrogens (primary N) is 1. The van der Waals surface area contributed by atoms with E-state index in [-0.39, 0.29) is 18.4 Å². The van der Waals surface area contributed by atoms with Crippen LogP contribution in [0.2, 0.25) is 0 Å². The minimum absolute atomic E-state index is 0.173. The van der Waals surface area contributed by atoms with Crippen molar-refractivity contribution in [1.82, 2.24) is 0 Å². The average molecular weight is 392 g/mol. The number of rotatable bonds is 5. The molecule has 23 heavy (non-hydrogen) atoms. The second-order valence-electron chi connectivity index (χ2n) is 4.12. The largest absolute Gasteiger partial charge is 0.496 e. The van der Waals surface area contributed by atoms with Crippen LogP contribution in [0.1, 0.15) is 24.9 Å². The number of hydrogen-bond donors (Lipinski definition) is 3. The molecule has 0 aromatic heterocycles. The van der Waals surface area contributed by atoms with Crippen molar-refractivity contribution in [2.45, 2.75) is 19.4 Å². The molecule has 0 spiro atoms. The highest BCUT2D eigenvalue weighted by atomic mass is 79.9. The van der Waals surface area contributed by atoms with Crippen LogP contribution in [0.3, 0.4) is 0 Å². The Hall–Kier alpha value is -2.13. The van der Waals surface area contributed by atoms with Crippen molar-refractivity contribution in [3.8, 4) is 5.75 Å². The van der Waals surface area contributed by atoms with Gasteiger partial charge in [-0.1, -0.05) is 6.07 Å². The van der Waals surface area contributed by atoms with Crippen molar-refractivity contribution in [1.29, 1.82) is 0 Å². The Balaban J connectivity index is 0.000000688. The van der Waals surface area contributed by atoms with E-state index >= 15 is 0 Å². The first-order valence-corrected chi connectivity index (χ1v) is 7.23. The maximum absolute atomic E-state index is 11.3. The molecule has 4 N–H and O–H groups in total. The van der Waals surface area contributed by atoms with Gasteiger partial charge in [-0.2, -0.15) is 0 Å². The van der Waals surface area contributed by atoms with E-state index in [1.54, 1.807) is 14.0 Å². The highest BCUT2D eigenvalue weighted by Crippen LogP contribution is 2.28. The second kappa shape index (κ2) is 10.6. The zero-order valence-corrected chi connectivity index (χ0v) is 14.2. The normalized spacial score (nSPS) is 10.8. The zero-order valence-electron chi connectivity index (χ0n) is 12.6. The van der Waals surface area contributed by atoms with Gasteiger partial charge in [0.2, 0.25) is 0 Å². The standard InChI is InChI=1S/C12H16BrNO3.C2H2O4/c1-3-17-12(15)7-10(14)8-4-5-11(16-2)9(13)6-8;3-1(4)2(5)6/h4-6,10H,3,7,14H2,1-2H3;(H,3,4)(H,5,6). The lowest BCUT2D eigenvalue weighted by Gasteiger charge is -2.13. The zero-order chi connectivity index (χ0) is 18.0. The Morgan fingerprint density at radius 2 is 1.83 bits per heavy atom. The average Bonchev–Trinajstić information content (AvgIpc) is 2.47. The van der Waals surface area contributed by atoms with Crippen LogP contribution >= 0.6 is 15.9 Å². The molecule has 1 atom stereocenters. The van der Waals surface area contributed by atoms with E-state index in [9.17, 15) is 4.79 Å². The van der Waals surface area contributed by atoms with Gasteiger partial charge in [-0.25, -0.2) is 9.59 Å². The second-order valence-corrected chi connectivity index (χ2v) is 4.97. The van der Waals surface area contributed by atoms with Gasteiger partial charge in [0.15, 0.2) is 0 Å². The Bertz CT molecular complexity index is 550. The maximum atomic E-state index is 11.3. The molecule has 0 radical (unpaired) electrons. The first-order chi connectivity index (χ1) is 10.7. The van der Waals surface area contributed by atoms with Gasteiger partial charge >= 0.3 is 17.9 Å². The van der Waals surface area contributed by atoms with E-state index in [0.717, 1.165) is 15.8 Å². The van der Waals surface area contributed by atoms with Gasteiger partial charge in [0.1, 0.15) is 5.75 Å². The summed E-state index contributed by atoms with van der Waals surface area (Å²) in [5.74, 6) is -3.20. The van der Waals surface area contributed by atoms with Gasteiger partial charge in [0.05, 0.1) is 24.6 Å². The summed E-state index contributed by atoms with van der Waals surface area (Å²) >= 11 is 3.38. The monoisotopic (exact) mass is 391 g/mol. The van der Waals surface area contributed by atoms with Crippen LogP contribution in [0.15, 0.2) is 22.7 Å². The number of benzene rings is 1. The molecule has 9 heteroatoms. The van der Waals surface area contributed by atoms with Crippen molar-refractivity contribution in [3.63, 3.8) is 0 Å². The summed E-state index contributed by atoms with van der Waals surface area (Å²) in [5.41, 5.74) is 6.79. The number of aliphatic carboxylic acids is 2. The number of carboxylic acid groups (broad SMARTS) is 2. The van der Waals surface area contributed by atoms with E-state index < -0.39 is 11.9 Å².